The van der Waals surface area contributed by atoms with Crippen LogP contribution in [0.25, 0.3) is 5.70 Å². The number of benzene rings is 2. The van der Waals surface area contributed by atoms with E-state index in [1.807, 2.05) is 42.5 Å². The van der Waals surface area contributed by atoms with Crippen LogP contribution in [0.1, 0.15) is 17.5 Å². The van der Waals surface area contributed by atoms with Crippen LogP contribution in [0.2, 0.25) is 0 Å². The summed E-state index contributed by atoms with van der Waals surface area (Å²) in [5.74, 6) is 0.761. The van der Waals surface area contributed by atoms with Crippen LogP contribution in [0, 0.1) is 0 Å². The summed E-state index contributed by atoms with van der Waals surface area (Å²) < 4.78 is 5.74. The molecule has 1 heterocycles. The van der Waals surface area contributed by atoms with E-state index >= 15 is 0 Å². The molecule has 0 aliphatic carbocycles. The molecule has 2 aromatic rings. The predicted molar refractivity (Wildman–Crippen MR) is 84.3 cm³/mol. The molecule has 0 saturated carbocycles. The van der Waals surface area contributed by atoms with Crippen molar-refractivity contribution in [3.63, 3.8) is 0 Å². The minimum Gasteiger partial charge on any atom is -0.488 e. The number of hydrogen-bond donors (Lipinski definition) is 1. The molecule has 0 spiro atoms. The lowest BCUT2D eigenvalue weighted by molar-refractivity contribution is 0.280. The number of aliphatic hydroxyl groups is 1. The summed E-state index contributed by atoms with van der Waals surface area (Å²) >= 11 is 0. The first kappa shape index (κ1) is 13.6. The van der Waals surface area contributed by atoms with E-state index in [2.05, 4.69) is 23.2 Å². The first-order valence-corrected chi connectivity index (χ1v) is 7.00. The van der Waals surface area contributed by atoms with Crippen LogP contribution in [0.5, 0.6) is 5.75 Å². The van der Waals surface area contributed by atoms with Crippen LogP contribution in [0.15, 0.2) is 65.7 Å². The van der Waals surface area contributed by atoms with Gasteiger partial charge in [-0.25, -0.2) is 0 Å². The summed E-state index contributed by atoms with van der Waals surface area (Å²) in [4.78, 5) is 4.62. The van der Waals surface area contributed by atoms with Crippen molar-refractivity contribution in [1.82, 2.24) is 0 Å². The van der Waals surface area contributed by atoms with Gasteiger partial charge >= 0.3 is 0 Å². The highest BCUT2D eigenvalue weighted by molar-refractivity contribution is 5.96. The summed E-state index contributed by atoms with van der Waals surface area (Å²) in [6, 6.07) is 17.6. The van der Waals surface area contributed by atoms with Crippen LogP contribution < -0.4 is 4.74 Å². The molecular formula is C18H17NO2. The number of aliphatic imine (C=N–C) groups is 1. The van der Waals surface area contributed by atoms with E-state index in [1.165, 1.54) is 0 Å². The lowest BCUT2D eigenvalue weighted by Crippen LogP contribution is -2.08. The van der Waals surface area contributed by atoms with Gasteiger partial charge in [0.2, 0.25) is 0 Å². The second kappa shape index (κ2) is 6.37. The normalized spacial score (nSPS) is 13.8. The minimum absolute atomic E-state index is 0.0257. The fraction of sp³-hybridized carbons (Fsp3) is 0.167. The average molecular weight is 279 g/mol. The van der Waals surface area contributed by atoms with Crippen LogP contribution in [0.4, 0.5) is 0 Å². The highest BCUT2D eigenvalue weighted by Gasteiger charge is 2.10. The maximum atomic E-state index is 9.11. The maximum Gasteiger partial charge on any atom is 0.127 e. The van der Waals surface area contributed by atoms with Gasteiger partial charge in [0.15, 0.2) is 0 Å². The number of ether oxygens (including phenoxy) is 1. The van der Waals surface area contributed by atoms with Crippen molar-refractivity contribution >= 4 is 11.4 Å². The van der Waals surface area contributed by atoms with Gasteiger partial charge < -0.3 is 9.84 Å². The molecule has 3 nitrogen and oxygen atoms in total. The van der Waals surface area contributed by atoms with Gasteiger partial charge in [0.1, 0.15) is 12.4 Å². The Kier molecular flexibility index (Phi) is 4.12. The van der Waals surface area contributed by atoms with Crippen LogP contribution in [-0.2, 0) is 6.61 Å². The monoisotopic (exact) mass is 279 g/mol. The first-order valence-electron chi connectivity index (χ1n) is 7.00. The van der Waals surface area contributed by atoms with E-state index < -0.39 is 0 Å². The molecule has 0 aromatic heterocycles. The van der Waals surface area contributed by atoms with E-state index in [4.69, 9.17) is 9.84 Å². The first-order chi connectivity index (χ1) is 10.3. The Morgan fingerprint density at radius 1 is 1.05 bits per heavy atom. The van der Waals surface area contributed by atoms with Crippen LogP contribution in [-0.4, -0.2) is 17.4 Å². The van der Waals surface area contributed by atoms with Crippen molar-refractivity contribution < 1.29 is 9.84 Å². The molecule has 2 aromatic carbocycles. The van der Waals surface area contributed by atoms with Gasteiger partial charge in [-0.05, 0) is 23.3 Å². The van der Waals surface area contributed by atoms with Gasteiger partial charge in [-0.2, -0.15) is 0 Å². The van der Waals surface area contributed by atoms with E-state index in [-0.39, 0.29) is 6.61 Å². The summed E-state index contributed by atoms with van der Waals surface area (Å²) in [6.45, 7) is 0.500. The molecule has 21 heavy (non-hydrogen) atoms. The topological polar surface area (TPSA) is 41.8 Å². The fourth-order valence-electron chi connectivity index (χ4n) is 2.26. The zero-order valence-corrected chi connectivity index (χ0v) is 11.7. The van der Waals surface area contributed by atoms with E-state index in [1.54, 1.807) is 0 Å². The predicted octanol–water partition coefficient (Wildman–Crippen LogP) is 3.44. The molecule has 1 N–H and O–H groups in total. The Morgan fingerprint density at radius 2 is 1.90 bits per heavy atom. The SMILES string of the molecule is OCc1cccc(OCC2=NC(c3ccccc3)=CC2)c1. The Balaban J connectivity index is 1.62. The molecule has 3 rings (SSSR count). The van der Waals surface area contributed by atoms with Crippen LogP contribution >= 0.6 is 0 Å². The average Bonchev–Trinajstić information content (AvgIpc) is 3.03. The van der Waals surface area contributed by atoms with Crippen molar-refractivity contribution in [3.05, 3.63) is 71.8 Å². The summed E-state index contributed by atoms with van der Waals surface area (Å²) in [6.07, 6.45) is 2.95. The highest BCUT2D eigenvalue weighted by atomic mass is 16.5. The lowest BCUT2D eigenvalue weighted by Gasteiger charge is -2.07. The van der Waals surface area contributed by atoms with E-state index in [0.717, 1.165) is 34.7 Å². The second-order valence-electron chi connectivity index (χ2n) is 4.93. The molecule has 0 amide bonds. The van der Waals surface area contributed by atoms with Gasteiger partial charge in [0.05, 0.1) is 18.0 Å². The smallest absolute Gasteiger partial charge is 0.127 e. The molecule has 0 radical (unpaired) electrons. The van der Waals surface area contributed by atoms with Gasteiger partial charge in [-0.15, -0.1) is 0 Å². The standard InChI is InChI=1S/C18H17NO2/c20-12-14-5-4-8-17(11-14)21-13-16-9-10-18(19-16)15-6-2-1-3-7-15/h1-8,10-11,20H,9,12-13H2. The third-order valence-electron chi connectivity index (χ3n) is 3.37. The maximum absolute atomic E-state index is 9.11. The zero-order valence-electron chi connectivity index (χ0n) is 11.7. The van der Waals surface area contributed by atoms with Crippen molar-refractivity contribution in [2.24, 2.45) is 4.99 Å². The molecule has 0 saturated heterocycles. The Morgan fingerprint density at radius 3 is 2.71 bits per heavy atom. The van der Waals surface area contributed by atoms with Crippen molar-refractivity contribution in [2.75, 3.05) is 6.61 Å². The van der Waals surface area contributed by atoms with Crippen LogP contribution in [0.3, 0.4) is 0 Å². The number of rotatable bonds is 5. The van der Waals surface area contributed by atoms with Crippen molar-refractivity contribution in [1.29, 1.82) is 0 Å². The Hall–Kier alpha value is -2.39. The summed E-state index contributed by atoms with van der Waals surface area (Å²) in [5, 5.41) is 9.11. The zero-order chi connectivity index (χ0) is 14.5. The molecule has 3 heteroatoms. The Bertz CT molecular complexity index is 675. The molecule has 0 bridgehead atoms. The molecule has 1 aliphatic rings. The van der Waals surface area contributed by atoms with E-state index in [0.29, 0.717) is 6.61 Å². The molecular weight excluding hydrogens is 262 g/mol. The van der Waals surface area contributed by atoms with Gasteiger partial charge in [0, 0.05) is 6.42 Å². The second-order valence-corrected chi connectivity index (χ2v) is 4.93. The van der Waals surface area contributed by atoms with Gasteiger partial charge in [0.25, 0.3) is 0 Å². The molecule has 0 fully saturated rings. The third kappa shape index (κ3) is 3.38. The summed E-state index contributed by atoms with van der Waals surface area (Å²) in [7, 11) is 0. The van der Waals surface area contributed by atoms with Gasteiger partial charge in [-0.1, -0.05) is 48.5 Å². The molecule has 106 valence electrons. The fourth-order valence-corrected chi connectivity index (χ4v) is 2.26. The number of nitrogens with zero attached hydrogens (tertiary/aromatic N) is 1. The van der Waals surface area contributed by atoms with E-state index in [9.17, 15) is 0 Å². The third-order valence-corrected chi connectivity index (χ3v) is 3.37. The minimum atomic E-state index is 0.0257. The van der Waals surface area contributed by atoms with Gasteiger partial charge in [-0.3, -0.25) is 4.99 Å². The van der Waals surface area contributed by atoms with Crippen molar-refractivity contribution in [3.8, 4) is 5.75 Å². The highest BCUT2D eigenvalue weighted by Crippen LogP contribution is 2.22. The lowest BCUT2D eigenvalue weighted by atomic mass is 10.1. The summed E-state index contributed by atoms with van der Waals surface area (Å²) in [5.41, 5.74) is 4.01. The molecule has 0 unspecified atom stereocenters. The number of allylic oxidation sites excluding steroid dienone is 1. The number of aliphatic hydroxyl groups excluding tert-OH is 1. The number of hydrogen-bond acceptors (Lipinski definition) is 3. The quantitative estimate of drug-likeness (QED) is 0.911. The Labute approximate surface area is 124 Å². The van der Waals surface area contributed by atoms with Crippen molar-refractivity contribution in [2.45, 2.75) is 13.0 Å². The largest absolute Gasteiger partial charge is 0.488 e. The molecule has 1 aliphatic heterocycles. The molecule has 0 atom stereocenters.